The molecular formula is C19H25FN2. The van der Waals surface area contributed by atoms with Crippen molar-refractivity contribution in [3.05, 3.63) is 71.0 Å². The predicted octanol–water partition coefficient (Wildman–Crippen LogP) is 3.78. The summed E-state index contributed by atoms with van der Waals surface area (Å²) < 4.78 is 13.1. The summed E-state index contributed by atoms with van der Waals surface area (Å²) in [6.45, 7) is 3.83. The molecule has 118 valence electrons. The van der Waals surface area contributed by atoms with Crippen LogP contribution < -0.4 is 5.32 Å². The summed E-state index contributed by atoms with van der Waals surface area (Å²) in [4.78, 5) is 2.15. The summed E-state index contributed by atoms with van der Waals surface area (Å²) in [5.74, 6) is -0.190. The molecule has 2 aromatic carbocycles. The third kappa shape index (κ3) is 4.65. The molecule has 2 rings (SSSR count). The molecule has 22 heavy (non-hydrogen) atoms. The summed E-state index contributed by atoms with van der Waals surface area (Å²) in [6.07, 6.45) is 1.07. The van der Waals surface area contributed by atoms with Gasteiger partial charge in [-0.15, -0.1) is 0 Å². The Bertz CT molecular complexity index is 561. The van der Waals surface area contributed by atoms with E-state index >= 15 is 0 Å². The van der Waals surface area contributed by atoms with Crippen molar-refractivity contribution in [2.45, 2.75) is 25.9 Å². The van der Waals surface area contributed by atoms with Gasteiger partial charge in [-0.25, -0.2) is 4.39 Å². The number of aryl methyl sites for hydroxylation is 1. The maximum atomic E-state index is 13.1. The molecule has 1 unspecified atom stereocenters. The van der Waals surface area contributed by atoms with Crippen LogP contribution in [0, 0.1) is 5.82 Å². The van der Waals surface area contributed by atoms with E-state index in [1.807, 2.05) is 26.2 Å². The first-order valence-corrected chi connectivity index (χ1v) is 7.80. The minimum Gasteiger partial charge on any atom is -0.311 e. The molecule has 0 aromatic heterocycles. The average molecular weight is 300 g/mol. The van der Waals surface area contributed by atoms with E-state index in [0.717, 1.165) is 25.1 Å². The van der Waals surface area contributed by atoms with Gasteiger partial charge in [0.2, 0.25) is 0 Å². The largest absolute Gasteiger partial charge is 0.311 e. The van der Waals surface area contributed by atoms with Gasteiger partial charge >= 0.3 is 0 Å². The van der Waals surface area contributed by atoms with Crippen molar-refractivity contribution in [1.29, 1.82) is 0 Å². The molecule has 0 fully saturated rings. The minimum absolute atomic E-state index is 0.190. The number of likely N-dealkylation sites (N-methyl/N-ethyl adjacent to an activating group) is 1. The first-order chi connectivity index (χ1) is 10.6. The second-order valence-corrected chi connectivity index (χ2v) is 5.83. The van der Waals surface area contributed by atoms with Crippen molar-refractivity contribution in [2.75, 3.05) is 20.6 Å². The lowest BCUT2D eigenvalue weighted by atomic mass is 10.1. The SMILES string of the molecule is CCc1ccc(CNCC(c2ccc(F)cc2)N(C)C)cc1. The van der Waals surface area contributed by atoms with Crippen LogP contribution in [0.3, 0.4) is 0 Å². The maximum Gasteiger partial charge on any atom is 0.123 e. The Morgan fingerprint density at radius 2 is 1.55 bits per heavy atom. The summed E-state index contributed by atoms with van der Waals surface area (Å²) in [7, 11) is 4.09. The zero-order valence-electron chi connectivity index (χ0n) is 13.6. The van der Waals surface area contributed by atoms with E-state index in [1.54, 1.807) is 0 Å². The Morgan fingerprint density at radius 3 is 2.09 bits per heavy atom. The van der Waals surface area contributed by atoms with Gasteiger partial charge in [0.15, 0.2) is 0 Å². The van der Waals surface area contributed by atoms with Crippen LogP contribution in [-0.4, -0.2) is 25.5 Å². The Kier molecular flexibility index (Phi) is 6.10. The van der Waals surface area contributed by atoms with Crippen LogP contribution >= 0.6 is 0 Å². The summed E-state index contributed by atoms with van der Waals surface area (Å²) in [5, 5.41) is 3.50. The molecule has 0 amide bonds. The van der Waals surface area contributed by atoms with E-state index in [1.165, 1.54) is 23.3 Å². The molecule has 1 atom stereocenters. The minimum atomic E-state index is -0.190. The quantitative estimate of drug-likeness (QED) is 0.837. The first kappa shape index (κ1) is 16.7. The fraction of sp³-hybridized carbons (Fsp3) is 0.368. The predicted molar refractivity (Wildman–Crippen MR) is 90.4 cm³/mol. The van der Waals surface area contributed by atoms with Crippen LogP contribution in [0.4, 0.5) is 4.39 Å². The number of benzene rings is 2. The topological polar surface area (TPSA) is 15.3 Å². The third-order valence-corrected chi connectivity index (χ3v) is 3.98. The van der Waals surface area contributed by atoms with Crippen LogP contribution in [0.25, 0.3) is 0 Å². The fourth-order valence-corrected chi connectivity index (χ4v) is 2.53. The van der Waals surface area contributed by atoms with Crippen molar-refractivity contribution < 1.29 is 4.39 Å². The normalized spacial score (nSPS) is 12.6. The summed E-state index contributed by atoms with van der Waals surface area (Å²) in [5.41, 5.74) is 3.77. The Morgan fingerprint density at radius 1 is 0.955 bits per heavy atom. The lowest BCUT2D eigenvalue weighted by Gasteiger charge is -2.25. The van der Waals surface area contributed by atoms with Crippen LogP contribution in [-0.2, 0) is 13.0 Å². The Balaban J connectivity index is 1.92. The smallest absolute Gasteiger partial charge is 0.123 e. The summed E-state index contributed by atoms with van der Waals surface area (Å²) >= 11 is 0. The molecule has 0 bridgehead atoms. The molecule has 0 aliphatic carbocycles. The van der Waals surface area contributed by atoms with Crippen LogP contribution in [0.2, 0.25) is 0 Å². The van der Waals surface area contributed by atoms with E-state index in [2.05, 4.69) is 41.4 Å². The lowest BCUT2D eigenvalue weighted by molar-refractivity contribution is 0.288. The molecule has 3 heteroatoms. The first-order valence-electron chi connectivity index (χ1n) is 7.80. The van der Waals surface area contributed by atoms with Crippen molar-refractivity contribution in [3.63, 3.8) is 0 Å². The molecular weight excluding hydrogens is 275 g/mol. The highest BCUT2D eigenvalue weighted by Gasteiger charge is 2.13. The van der Waals surface area contributed by atoms with Crippen LogP contribution in [0.15, 0.2) is 48.5 Å². The standard InChI is InChI=1S/C19H25FN2/c1-4-15-5-7-16(8-6-15)13-21-14-19(22(2)3)17-9-11-18(20)12-10-17/h5-12,19,21H,4,13-14H2,1-3H3. The summed E-state index contributed by atoms with van der Waals surface area (Å²) in [6, 6.07) is 15.7. The third-order valence-electron chi connectivity index (χ3n) is 3.98. The van der Waals surface area contributed by atoms with E-state index < -0.39 is 0 Å². The highest BCUT2D eigenvalue weighted by Crippen LogP contribution is 2.18. The van der Waals surface area contributed by atoms with Crippen molar-refractivity contribution in [3.8, 4) is 0 Å². The molecule has 0 heterocycles. The van der Waals surface area contributed by atoms with Gasteiger partial charge in [0, 0.05) is 19.1 Å². The molecule has 2 aromatic rings. The van der Waals surface area contributed by atoms with E-state index in [-0.39, 0.29) is 11.9 Å². The second kappa shape index (κ2) is 8.06. The van der Waals surface area contributed by atoms with Gasteiger partial charge in [-0.3, -0.25) is 0 Å². The lowest BCUT2D eigenvalue weighted by Crippen LogP contribution is -2.30. The zero-order valence-corrected chi connectivity index (χ0v) is 13.6. The number of nitrogens with zero attached hydrogens (tertiary/aromatic N) is 1. The maximum absolute atomic E-state index is 13.1. The Hall–Kier alpha value is -1.71. The van der Waals surface area contributed by atoms with E-state index in [9.17, 15) is 4.39 Å². The Labute approximate surface area is 133 Å². The molecule has 0 radical (unpaired) electrons. The zero-order chi connectivity index (χ0) is 15.9. The van der Waals surface area contributed by atoms with Gasteiger partial charge in [-0.2, -0.15) is 0 Å². The fourth-order valence-electron chi connectivity index (χ4n) is 2.53. The molecule has 0 aliphatic heterocycles. The van der Waals surface area contributed by atoms with Gasteiger partial charge < -0.3 is 10.2 Å². The number of hydrogen-bond donors (Lipinski definition) is 1. The van der Waals surface area contributed by atoms with Gasteiger partial charge in [0.25, 0.3) is 0 Å². The van der Waals surface area contributed by atoms with Gasteiger partial charge in [0.1, 0.15) is 5.82 Å². The molecule has 0 aliphatic rings. The second-order valence-electron chi connectivity index (χ2n) is 5.83. The monoisotopic (exact) mass is 300 g/mol. The van der Waals surface area contributed by atoms with Gasteiger partial charge in [-0.1, -0.05) is 43.3 Å². The van der Waals surface area contributed by atoms with E-state index in [4.69, 9.17) is 0 Å². The molecule has 2 nitrogen and oxygen atoms in total. The number of hydrogen-bond acceptors (Lipinski definition) is 2. The van der Waals surface area contributed by atoms with Crippen molar-refractivity contribution >= 4 is 0 Å². The van der Waals surface area contributed by atoms with Crippen LogP contribution in [0.5, 0.6) is 0 Å². The van der Waals surface area contributed by atoms with Gasteiger partial charge in [-0.05, 0) is 49.3 Å². The molecule has 0 saturated carbocycles. The van der Waals surface area contributed by atoms with Crippen LogP contribution in [0.1, 0.15) is 29.7 Å². The molecule has 0 saturated heterocycles. The number of rotatable bonds is 7. The molecule has 1 N–H and O–H groups in total. The number of halogens is 1. The number of nitrogens with one attached hydrogen (secondary N) is 1. The highest BCUT2D eigenvalue weighted by molar-refractivity contribution is 5.23. The van der Waals surface area contributed by atoms with Crippen molar-refractivity contribution in [1.82, 2.24) is 10.2 Å². The van der Waals surface area contributed by atoms with Crippen molar-refractivity contribution in [2.24, 2.45) is 0 Å². The molecule has 0 spiro atoms. The highest BCUT2D eigenvalue weighted by atomic mass is 19.1. The van der Waals surface area contributed by atoms with Gasteiger partial charge in [0.05, 0.1) is 0 Å². The van der Waals surface area contributed by atoms with E-state index in [0.29, 0.717) is 0 Å². The average Bonchev–Trinajstić information content (AvgIpc) is 2.53.